The first-order chi connectivity index (χ1) is 9.71. The van der Waals surface area contributed by atoms with Crippen LogP contribution in [0.25, 0.3) is 0 Å². The van der Waals surface area contributed by atoms with E-state index in [4.69, 9.17) is 11.6 Å². The second kappa shape index (κ2) is 5.94. The highest BCUT2D eigenvalue weighted by molar-refractivity contribution is 7.89. The number of carbonyl (C=O) groups excluding carboxylic acids is 1. The first-order valence-electron chi connectivity index (χ1n) is 6.76. The van der Waals surface area contributed by atoms with E-state index in [0.717, 1.165) is 6.42 Å². The predicted molar refractivity (Wildman–Crippen MR) is 81.6 cm³/mol. The molecule has 116 valence electrons. The second-order valence-corrected chi connectivity index (χ2v) is 8.11. The van der Waals surface area contributed by atoms with E-state index in [1.807, 2.05) is 13.8 Å². The molecule has 21 heavy (non-hydrogen) atoms. The minimum atomic E-state index is -3.82. The molecule has 1 heterocycles. The van der Waals surface area contributed by atoms with Crippen molar-refractivity contribution in [1.29, 1.82) is 0 Å². The fourth-order valence-corrected chi connectivity index (χ4v) is 3.98. The summed E-state index contributed by atoms with van der Waals surface area (Å²) in [6.07, 6.45) is 1.21. The van der Waals surface area contributed by atoms with Crippen LogP contribution in [0.1, 0.15) is 26.7 Å². The number of rotatable bonds is 3. The lowest BCUT2D eigenvalue weighted by atomic mass is 9.88. The molecule has 0 spiro atoms. The molecule has 0 aliphatic carbocycles. The van der Waals surface area contributed by atoms with E-state index < -0.39 is 16.1 Å². The Bertz CT molecular complexity index is 643. The zero-order valence-electron chi connectivity index (χ0n) is 12.0. The zero-order chi connectivity index (χ0) is 15.7. The van der Waals surface area contributed by atoms with Crippen molar-refractivity contribution in [3.8, 4) is 0 Å². The predicted octanol–water partition coefficient (Wildman–Crippen LogP) is 1.92. The third-order valence-electron chi connectivity index (χ3n) is 3.59. The largest absolute Gasteiger partial charge is 0.354 e. The first-order valence-corrected chi connectivity index (χ1v) is 8.62. The number of sulfonamides is 1. The van der Waals surface area contributed by atoms with Crippen LogP contribution >= 0.6 is 11.6 Å². The Morgan fingerprint density at radius 1 is 1.33 bits per heavy atom. The molecule has 1 aliphatic heterocycles. The van der Waals surface area contributed by atoms with Gasteiger partial charge in [0.05, 0.1) is 5.02 Å². The summed E-state index contributed by atoms with van der Waals surface area (Å²) in [6.45, 7) is 4.62. The highest BCUT2D eigenvalue weighted by Gasteiger charge is 2.32. The molecule has 1 aromatic rings. The Labute approximate surface area is 130 Å². The standard InChI is InChI=1S/C14H19ClN2O3S/c1-14(2)8-7-11(13(18)16-9-14)17-21(19,20)12-6-4-3-5-10(12)15/h3-6,11,17H,7-9H2,1-2H3,(H,16,18). The van der Waals surface area contributed by atoms with Crippen LogP contribution in [0.4, 0.5) is 0 Å². The van der Waals surface area contributed by atoms with E-state index >= 15 is 0 Å². The van der Waals surface area contributed by atoms with Crippen molar-refractivity contribution in [3.63, 3.8) is 0 Å². The van der Waals surface area contributed by atoms with Gasteiger partial charge in [-0.3, -0.25) is 4.79 Å². The SMILES string of the molecule is CC1(C)CCC(NS(=O)(=O)c2ccccc2Cl)C(=O)NC1. The van der Waals surface area contributed by atoms with Gasteiger partial charge in [-0.15, -0.1) is 0 Å². The van der Waals surface area contributed by atoms with E-state index in [1.54, 1.807) is 12.1 Å². The maximum Gasteiger partial charge on any atom is 0.242 e. The molecule has 1 aliphatic rings. The maximum absolute atomic E-state index is 12.4. The molecule has 2 N–H and O–H groups in total. The molecule has 1 saturated heterocycles. The molecule has 0 aromatic heterocycles. The average molecular weight is 331 g/mol. The quantitative estimate of drug-likeness (QED) is 0.889. The van der Waals surface area contributed by atoms with Crippen molar-refractivity contribution in [2.75, 3.05) is 6.54 Å². The van der Waals surface area contributed by atoms with Crippen molar-refractivity contribution in [2.24, 2.45) is 5.41 Å². The fraction of sp³-hybridized carbons (Fsp3) is 0.500. The number of hydrogen-bond acceptors (Lipinski definition) is 3. The van der Waals surface area contributed by atoms with Crippen LogP contribution < -0.4 is 10.0 Å². The van der Waals surface area contributed by atoms with Crippen LogP contribution in [-0.2, 0) is 14.8 Å². The van der Waals surface area contributed by atoms with Gasteiger partial charge in [0.25, 0.3) is 0 Å². The van der Waals surface area contributed by atoms with Crippen molar-refractivity contribution in [1.82, 2.24) is 10.0 Å². The van der Waals surface area contributed by atoms with Crippen molar-refractivity contribution >= 4 is 27.5 Å². The lowest BCUT2D eigenvalue weighted by Gasteiger charge is -2.21. The van der Waals surface area contributed by atoms with Crippen molar-refractivity contribution in [3.05, 3.63) is 29.3 Å². The molecular formula is C14H19ClN2O3S. The van der Waals surface area contributed by atoms with Gasteiger partial charge < -0.3 is 5.32 Å². The lowest BCUT2D eigenvalue weighted by molar-refractivity contribution is -0.122. The molecule has 0 saturated carbocycles. The van der Waals surface area contributed by atoms with Gasteiger partial charge in [0.2, 0.25) is 15.9 Å². The van der Waals surface area contributed by atoms with Crippen LogP contribution in [0.2, 0.25) is 5.02 Å². The van der Waals surface area contributed by atoms with Crippen LogP contribution in [0.15, 0.2) is 29.2 Å². The smallest absolute Gasteiger partial charge is 0.242 e. The Kier molecular flexibility index (Phi) is 4.60. The molecule has 1 aromatic carbocycles. The highest BCUT2D eigenvalue weighted by atomic mass is 35.5. The number of halogens is 1. The van der Waals surface area contributed by atoms with Gasteiger partial charge in [-0.05, 0) is 30.4 Å². The van der Waals surface area contributed by atoms with Gasteiger partial charge in [0, 0.05) is 6.54 Å². The third kappa shape index (κ3) is 3.96. The number of nitrogens with one attached hydrogen (secondary N) is 2. The summed E-state index contributed by atoms with van der Waals surface area (Å²) in [5.41, 5.74) is -0.0414. The van der Waals surface area contributed by atoms with E-state index in [1.165, 1.54) is 12.1 Å². The number of hydrogen-bond donors (Lipinski definition) is 2. The van der Waals surface area contributed by atoms with E-state index in [0.29, 0.717) is 13.0 Å². The first kappa shape index (κ1) is 16.3. The summed E-state index contributed by atoms with van der Waals surface area (Å²) < 4.78 is 27.2. The molecular weight excluding hydrogens is 312 g/mol. The summed E-state index contributed by atoms with van der Waals surface area (Å²) in [6, 6.07) is 5.40. The maximum atomic E-state index is 12.4. The van der Waals surface area contributed by atoms with Gasteiger partial charge in [-0.25, -0.2) is 8.42 Å². The molecule has 7 heteroatoms. The minimum absolute atomic E-state index is 0.0111. The summed E-state index contributed by atoms with van der Waals surface area (Å²) in [5.74, 6) is -0.295. The van der Waals surface area contributed by atoms with Gasteiger partial charge in [0.1, 0.15) is 10.9 Å². The number of amides is 1. The molecule has 1 amide bonds. The molecule has 2 rings (SSSR count). The topological polar surface area (TPSA) is 75.3 Å². The summed E-state index contributed by atoms with van der Waals surface area (Å²) >= 11 is 5.92. The molecule has 0 radical (unpaired) electrons. The number of benzene rings is 1. The van der Waals surface area contributed by atoms with E-state index in [9.17, 15) is 13.2 Å². The average Bonchev–Trinajstić information content (AvgIpc) is 2.52. The highest BCUT2D eigenvalue weighted by Crippen LogP contribution is 2.26. The fourth-order valence-electron chi connectivity index (χ4n) is 2.23. The number of carbonyl (C=O) groups is 1. The molecule has 1 atom stereocenters. The summed E-state index contributed by atoms with van der Waals surface area (Å²) in [7, 11) is -3.82. The molecule has 0 bridgehead atoms. The minimum Gasteiger partial charge on any atom is -0.354 e. The van der Waals surface area contributed by atoms with Crippen LogP contribution in [-0.4, -0.2) is 26.9 Å². The van der Waals surface area contributed by atoms with Crippen LogP contribution in [0, 0.1) is 5.41 Å². The van der Waals surface area contributed by atoms with Gasteiger partial charge in [0.15, 0.2) is 0 Å². The monoisotopic (exact) mass is 330 g/mol. The molecule has 5 nitrogen and oxygen atoms in total. The normalized spacial score (nSPS) is 22.4. The second-order valence-electron chi connectivity index (χ2n) is 6.02. The van der Waals surface area contributed by atoms with Gasteiger partial charge >= 0.3 is 0 Å². The third-order valence-corrected chi connectivity index (χ3v) is 5.56. The van der Waals surface area contributed by atoms with Crippen LogP contribution in [0.3, 0.4) is 0 Å². The zero-order valence-corrected chi connectivity index (χ0v) is 13.6. The van der Waals surface area contributed by atoms with E-state index in [-0.39, 0.29) is 21.2 Å². The Hall–Kier alpha value is -1.11. The van der Waals surface area contributed by atoms with Crippen LogP contribution in [0.5, 0.6) is 0 Å². The summed E-state index contributed by atoms with van der Waals surface area (Å²) in [5, 5.41) is 2.91. The van der Waals surface area contributed by atoms with Crippen molar-refractivity contribution in [2.45, 2.75) is 37.6 Å². The van der Waals surface area contributed by atoms with Gasteiger partial charge in [-0.2, -0.15) is 4.72 Å². The lowest BCUT2D eigenvalue weighted by Crippen LogP contribution is -2.45. The van der Waals surface area contributed by atoms with E-state index in [2.05, 4.69) is 10.0 Å². The van der Waals surface area contributed by atoms with Gasteiger partial charge in [-0.1, -0.05) is 37.6 Å². The Balaban J connectivity index is 2.20. The Morgan fingerprint density at radius 3 is 2.67 bits per heavy atom. The molecule has 1 fully saturated rings. The molecule has 1 unspecified atom stereocenters. The van der Waals surface area contributed by atoms with Crippen molar-refractivity contribution < 1.29 is 13.2 Å². The summed E-state index contributed by atoms with van der Waals surface area (Å²) in [4.78, 5) is 12.0. The Morgan fingerprint density at radius 2 is 2.00 bits per heavy atom.